The van der Waals surface area contributed by atoms with Gasteiger partial charge in [-0.25, -0.2) is 0 Å². The maximum atomic E-state index is 12.3. The van der Waals surface area contributed by atoms with Crippen LogP contribution in [0.4, 0.5) is 5.13 Å². The maximum Gasteiger partial charge on any atom is 0.261 e. The molecule has 122 valence electrons. The number of anilines is 1. The van der Waals surface area contributed by atoms with Crippen LogP contribution in [0.2, 0.25) is 10.0 Å². The van der Waals surface area contributed by atoms with Crippen LogP contribution in [0.1, 0.15) is 10.4 Å². The monoisotopic (exact) mass is 379 g/mol. The van der Waals surface area contributed by atoms with Crippen LogP contribution in [-0.4, -0.2) is 23.2 Å². The number of hydrogen-bond donors (Lipinski definition) is 1. The van der Waals surface area contributed by atoms with Crippen molar-refractivity contribution in [3.8, 4) is 16.3 Å². The second-order valence-electron chi connectivity index (χ2n) is 4.70. The average Bonchev–Trinajstić information content (AvgIpc) is 3.05. The Morgan fingerprint density at radius 1 is 1.12 bits per heavy atom. The Morgan fingerprint density at radius 3 is 2.67 bits per heavy atom. The molecule has 0 aliphatic carbocycles. The number of aromatic nitrogens is 2. The quantitative estimate of drug-likeness (QED) is 0.708. The van der Waals surface area contributed by atoms with Crippen molar-refractivity contribution in [2.45, 2.75) is 0 Å². The third-order valence-electron chi connectivity index (χ3n) is 3.16. The number of methoxy groups -OCH3 is 1. The van der Waals surface area contributed by atoms with Crippen molar-refractivity contribution in [1.82, 2.24) is 10.2 Å². The highest BCUT2D eigenvalue weighted by molar-refractivity contribution is 7.18. The molecule has 0 bridgehead atoms. The Hall–Kier alpha value is -2.15. The fourth-order valence-corrected chi connectivity index (χ4v) is 3.05. The fraction of sp³-hybridized carbons (Fsp3) is 0.0625. The van der Waals surface area contributed by atoms with E-state index in [9.17, 15) is 4.79 Å². The minimum absolute atomic E-state index is 0.315. The molecule has 0 radical (unpaired) electrons. The summed E-state index contributed by atoms with van der Waals surface area (Å²) >= 11 is 13.2. The van der Waals surface area contributed by atoms with Crippen LogP contribution >= 0.6 is 34.5 Å². The lowest BCUT2D eigenvalue weighted by atomic mass is 10.2. The Bertz CT molecular complexity index is 899. The van der Waals surface area contributed by atoms with Crippen molar-refractivity contribution in [3.63, 3.8) is 0 Å². The topological polar surface area (TPSA) is 64.1 Å². The van der Waals surface area contributed by atoms with E-state index in [0.717, 1.165) is 5.56 Å². The highest BCUT2D eigenvalue weighted by Gasteiger charge is 2.15. The number of rotatable bonds is 4. The van der Waals surface area contributed by atoms with E-state index in [1.54, 1.807) is 42.5 Å². The number of nitrogens with zero attached hydrogens (tertiary/aromatic N) is 2. The molecule has 5 nitrogen and oxygen atoms in total. The van der Waals surface area contributed by atoms with Crippen molar-refractivity contribution in [2.24, 2.45) is 0 Å². The van der Waals surface area contributed by atoms with Crippen molar-refractivity contribution >= 4 is 45.6 Å². The molecule has 3 rings (SSSR count). The predicted molar refractivity (Wildman–Crippen MR) is 96.3 cm³/mol. The maximum absolute atomic E-state index is 12.3. The number of hydrogen-bond acceptors (Lipinski definition) is 5. The molecule has 0 atom stereocenters. The fourth-order valence-electron chi connectivity index (χ4n) is 2.02. The molecule has 3 aromatic rings. The zero-order chi connectivity index (χ0) is 17.1. The SMILES string of the molecule is COc1ccccc1C(=O)Nc1nnc(-c2ccc(Cl)c(Cl)c2)s1. The summed E-state index contributed by atoms with van der Waals surface area (Å²) in [5, 5.41) is 12.7. The molecule has 0 unspecified atom stereocenters. The molecule has 1 heterocycles. The Morgan fingerprint density at radius 2 is 1.92 bits per heavy atom. The van der Waals surface area contributed by atoms with Gasteiger partial charge in [0.05, 0.1) is 22.7 Å². The lowest BCUT2D eigenvalue weighted by molar-refractivity contribution is 0.102. The van der Waals surface area contributed by atoms with E-state index in [1.807, 2.05) is 0 Å². The highest BCUT2D eigenvalue weighted by atomic mass is 35.5. The van der Waals surface area contributed by atoms with Gasteiger partial charge < -0.3 is 4.74 Å². The number of nitrogens with one attached hydrogen (secondary N) is 1. The lowest BCUT2D eigenvalue weighted by Gasteiger charge is -2.06. The van der Waals surface area contributed by atoms with Gasteiger partial charge in [0.2, 0.25) is 5.13 Å². The van der Waals surface area contributed by atoms with Gasteiger partial charge in [-0.05, 0) is 24.3 Å². The van der Waals surface area contributed by atoms with Crippen LogP contribution in [0.25, 0.3) is 10.6 Å². The van der Waals surface area contributed by atoms with Crippen molar-refractivity contribution < 1.29 is 9.53 Å². The molecule has 1 aromatic heterocycles. The van der Waals surface area contributed by atoms with Crippen molar-refractivity contribution in [1.29, 1.82) is 0 Å². The van der Waals surface area contributed by atoms with Crippen LogP contribution in [0.15, 0.2) is 42.5 Å². The molecule has 0 aliphatic rings. The van der Waals surface area contributed by atoms with Gasteiger partial charge in [0.15, 0.2) is 0 Å². The summed E-state index contributed by atoms with van der Waals surface area (Å²) in [6.45, 7) is 0. The molecule has 24 heavy (non-hydrogen) atoms. The number of carbonyl (C=O) groups is 1. The summed E-state index contributed by atoms with van der Waals surface area (Å²) < 4.78 is 5.18. The Kier molecular flexibility index (Phi) is 4.99. The van der Waals surface area contributed by atoms with Crippen LogP contribution < -0.4 is 10.1 Å². The molecule has 1 N–H and O–H groups in total. The van der Waals surface area contributed by atoms with Gasteiger partial charge in [-0.3, -0.25) is 10.1 Å². The van der Waals surface area contributed by atoms with Gasteiger partial charge in [-0.2, -0.15) is 0 Å². The van der Waals surface area contributed by atoms with Gasteiger partial charge in [0, 0.05) is 5.56 Å². The third kappa shape index (κ3) is 3.51. The number of carbonyl (C=O) groups excluding carboxylic acids is 1. The molecule has 2 aromatic carbocycles. The van der Waals surface area contributed by atoms with Crippen molar-refractivity contribution in [3.05, 3.63) is 58.1 Å². The normalized spacial score (nSPS) is 10.5. The summed E-state index contributed by atoms with van der Waals surface area (Å²) in [6.07, 6.45) is 0. The smallest absolute Gasteiger partial charge is 0.261 e. The molecule has 0 saturated carbocycles. The van der Waals surface area contributed by atoms with Crippen molar-refractivity contribution in [2.75, 3.05) is 12.4 Å². The van der Waals surface area contributed by atoms with Gasteiger partial charge in [-0.1, -0.05) is 52.7 Å². The number of ether oxygens (including phenoxy) is 1. The van der Waals surface area contributed by atoms with E-state index >= 15 is 0 Å². The minimum Gasteiger partial charge on any atom is -0.496 e. The van der Waals surface area contributed by atoms with Crippen LogP contribution in [0.3, 0.4) is 0 Å². The standard InChI is InChI=1S/C16H11Cl2N3O2S/c1-23-13-5-3-2-4-10(13)14(22)19-16-21-20-15(24-16)9-6-7-11(17)12(18)8-9/h2-8H,1H3,(H,19,21,22). The largest absolute Gasteiger partial charge is 0.496 e. The number of benzene rings is 2. The van der Waals surface area contributed by atoms with Crippen LogP contribution in [-0.2, 0) is 0 Å². The molecule has 0 aliphatic heterocycles. The summed E-state index contributed by atoms with van der Waals surface area (Å²) in [6, 6.07) is 12.1. The summed E-state index contributed by atoms with van der Waals surface area (Å²) in [5.41, 5.74) is 1.20. The summed E-state index contributed by atoms with van der Waals surface area (Å²) in [7, 11) is 1.51. The highest BCUT2D eigenvalue weighted by Crippen LogP contribution is 2.31. The predicted octanol–water partition coefficient (Wildman–Crippen LogP) is 4.77. The minimum atomic E-state index is -0.315. The molecule has 0 fully saturated rings. The number of para-hydroxylation sites is 1. The van der Waals surface area contributed by atoms with E-state index in [-0.39, 0.29) is 5.91 Å². The summed E-state index contributed by atoms with van der Waals surface area (Å²) in [4.78, 5) is 12.3. The molecule has 1 amide bonds. The van der Waals surface area contributed by atoms with Crippen LogP contribution in [0.5, 0.6) is 5.75 Å². The van der Waals surface area contributed by atoms with E-state index in [4.69, 9.17) is 27.9 Å². The van der Waals surface area contributed by atoms with E-state index < -0.39 is 0 Å². The first-order valence-electron chi connectivity index (χ1n) is 6.82. The first-order chi connectivity index (χ1) is 11.6. The Balaban J connectivity index is 1.81. The first-order valence-corrected chi connectivity index (χ1v) is 8.39. The van der Waals surface area contributed by atoms with Gasteiger partial charge in [0.25, 0.3) is 5.91 Å². The summed E-state index contributed by atoms with van der Waals surface area (Å²) in [5.74, 6) is 0.175. The van der Waals surface area contributed by atoms with Gasteiger partial charge in [-0.15, -0.1) is 10.2 Å². The second-order valence-corrected chi connectivity index (χ2v) is 6.49. The molecule has 0 saturated heterocycles. The van der Waals surface area contributed by atoms with E-state index in [0.29, 0.717) is 31.5 Å². The van der Waals surface area contributed by atoms with Crippen LogP contribution in [0, 0.1) is 0 Å². The molecular formula is C16H11Cl2N3O2S. The molecular weight excluding hydrogens is 369 g/mol. The van der Waals surface area contributed by atoms with E-state index in [2.05, 4.69) is 15.5 Å². The lowest BCUT2D eigenvalue weighted by Crippen LogP contribution is -2.12. The molecule has 8 heteroatoms. The van der Waals surface area contributed by atoms with E-state index in [1.165, 1.54) is 18.4 Å². The average molecular weight is 380 g/mol. The zero-order valence-corrected chi connectivity index (χ0v) is 14.7. The Labute approximate surface area is 152 Å². The zero-order valence-electron chi connectivity index (χ0n) is 12.4. The third-order valence-corrected chi connectivity index (χ3v) is 4.79. The van der Waals surface area contributed by atoms with Gasteiger partial charge in [0.1, 0.15) is 10.8 Å². The second kappa shape index (κ2) is 7.17. The number of amides is 1. The number of halogens is 2. The van der Waals surface area contributed by atoms with Gasteiger partial charge >= 0.3 is 0 Å². The molecule has 0 spiro atoms. The first kappa shape index (κ1) is 16.7.